The Hall–Kier alpha value is -7.16. The number of benzene rings is 8. The first-order valence-corrected chi connectivity index (χ1v) is 22.7. The maximum absolute atomic E-state index is 2.79. The molecule has 1 aliphatic heterocycles. The number of allylic oxidation sites excluding steroid dienone is 4. The number of rotatable bonds is 2. The van der Waals surface area contributed by atoms with Crippen molar-refractivity contribution in [2.45, 2.75) is 49.5 Å². The second-order valence-corrected chi connectivity index (χ2v) is 19.3. The van der Waals surface area contributed by atoms with E-state index in [-0.39, 0.29) is 11.3 Å². The molecule has 8 aromatic carbocycles. The fraction of sp³-hybridized carbons (Fsp3) is 0.148. The Morgan fingerprint density at radius 3 is 1.89 bits per heavy atom. The number of para-hydroxylation sites is 3. The molecule has 2 heteroatoms. The van der Waals surface area contributed by atoms with Crippen LogP contribution in [0.5, 0.6) is 0 Å². The third-order valence-corrected chi connectivity index (χ3v) is 16.3. The van der Waals surface area contributed by atoms with E-state index in [0.29, 0.717) is 0 Å². The van der Waals surface area contributed by atoms with E-state index in [1.165, 1.54) is 105 Å². The predicted octanol–water partition coefficient (Wildman–Crippen LogP) is 14.8. The average Bonchev–Trinajstić information content (AvgIpc) is 3.81. The van der Waals surface area contributed by atoms with Gasteiger partial charge in [-0.1, -0.05) is 165 Å². The number of hydrogen-bond donors (Lipinski definition) is 0. The van der Waals surface area contributed by atoms with Gasteiger partial charge in [0.1, 0.15) is 0 Å². The second-order valence-electron chi connectivity index (χ2n) is 19.3. The summed E-state index contributed by atoms with van der Waals surface area (Å²) in [4.78, 5) is 2.73. The quantitative estimate of drug-likeness (QED) is 0.158. The summed E-state index contributed by atoms with van der Waals surface area (Å²) in [6.45, 7) is 10.1. The highest BCUT2D eigenvalue weighted by Gasteiger charge is 2.65. The molecule has 300 valence electrons. The molecule has 0 saturated carbocycles. The Labute approximate surface area is 368 Å². The molecule has 1 spiro atoms. The highest BCUT2D eigenvalue weighted by Crippen LogP contribution is 2.71. The van der Waals surface area contributed by atoms with Crippen LogP contribution in [0.1, 0.15) is 55.5 Å². The van der Waals surface area contributed by atoms with Crippen molar-refractivity contribution in [1.29, 1.82) is 0 Å². The topological polar surface area (TPSA) is 8.17 Å². The predicted molar refractivity (Wildman–Crippen MR) is 262 cm³/mol. The summed E-state index contributed by atoms with van der Waals surface area (Å²) < 4.78 is 2.43. The lowest BCUT2D eigenvalue weighted by Crippen LogP contribution is -2.61. The van der Waals surface area contributed by atoms with Gasteiger partial charge in [0.2, 0.25) is 0 Å². The lowest BCUT2D eigenvalue weighted by molar-refractivity contribution is 0.405. The van der Waals surface area contributed by atoms with Crippen LogP contribution in [-0.4, -0.2) is 10.1 Å². The molecule has 9 aromatic rings. The summed E-state index contributed by atoms with van der Waals surface area (Å²) in [6, 6.07) is 69.1. The molecule has 4 unspecified atom stereocenters. The van der Waals surface area contributed by atoms with Gasteiger partial charge in [-0.3, -0.25) is 0 Å². The fourth-order valence-corrected chi connectivity index (χ4v) is 14.1. The molecule has 63 heavy (non-hydrogen) atoms. The van der Waals surface area contributed by atoms with Crippen molar-refractivity contribution in [3.8, 4) is 16.8 Å². The number of fused-ring (bicyclic) bond motifs is 15. The minimum Gasteiger partial charge on any atom is -0.328 e. The van der Waals surface area contributed by atoms with Gasteiger partial charge in [0.05, 0.1) is 22.0 Å². The SMILES string of the molecule is CC1C=CC2(C)C3=C1C1(C)C(=CC3(C)N(c3ccc4c(c3)c3ccccc3n4-c3ccccc3)c3ccccc32)C2(c3ccccc3-c3ccccc32)c2cccc3cccc1c23. The van der Waals surface area contributed by atoms with E-state index < -0.39 is 16.4 Å². The van der Waals surface area contributed by atoms with Crippen molar-refractivity contribution in [3.63, 3.8) is 0 Å². The molecule has 4 atom stereocenters. The van der Waals surface area contributed by atoms with Gasteiger partial charge in [-0.05, 0) is 136 Å². The van der Waals surface area contributed by atoms with Crippen LogP contribution in [0.15, 0.2) is 217 Å². The highest BCUT2D eigenvalue weighted by molar-refractivity contribution is 6.11. The standard InChI is InChI=1S/C61H46N2/c1-38-34-35-58(2)48-27-13-15-31-53(48)63(41-32-33-52-45(36-41)44-24-10-14-30-51(44)62(52)40-20-6-5-7-21-40)59(3)37-54-60(4,56(38)57(58)59)49-28-16-18-39-19-17-29-50(55(39)49)61(54)46-25-11-8-22-42(46)43-23-9-12-26-47(43)61/h5-38H,1-4H3. The first-order valence-electron chi connectivity index (χ1n) is 22.7. The summed E-state index contributed by atoms with van der Waals surface area (Å²) >= 11 is 0. The maximum Gasteiger partial charge on any atom is 0.0836 e. The Morgan fingerprint density at radius 1 is 0.508 bits per heavy atom. The molecule has 0 amide bonds. The normalized spacial score (nSPS) is 24.3. The summed E-state index contributed by atoms with van der Waals surface area (Å²) in [6.07, 6.45) is 7.88. The first kappa shape index (κ1) is 35.4. The van der Waals surface area contributed by atoms with E-state index in [9.17, 15) is 0 Å². The Balaban J connectivity index is 1.15. The third kappa shape index (κ3) is 4.03. The van der Waals surface area contributed by atoms with Gasteiger partial charge in [0, 0.05) is 38.7 Å². The van der Waals surface area contributed by atoms with Crippen LogP contribution in [0.3, 0.4) is 0 Å². The number of hydrogen-bond acceptors (Lipinski definition) is 1. The molecule has 0 fully saturated rings. The zero-order valence-electron chi connectivity index (χ0n) is 36.0. The summed E-state index contributed by atoms with van der Waals surface area (Å²) in [5, 5.41) is 5.23. The second kappa shape index (κ2) is 11.8. The van der Waals surface area contributed by atoms with Crippen molar-refractivity contribution in [2.24, 2.45) is 5.92 Å². The molecule has 14 rings (SSSR count). The van der Waals surface area contributed by atoms with Crippen molar-refractivity contribution >= 4 is 44.0 Å². The molecular formula is C61H46N2. The maximum atomic E-state index is 2.79. The van der Waals surface area contributed by atoms with E-state index in [4.69, 9.17) is 0 Å². The van der Waals surface area contributed by atoms with Crippen LogP contribution in [0, 0.1) is 5.92 Å². The molecule has 4 aliphatic carbocycles. The molecule has 2 heterocycles. The van der Waals surface area contributed by atoms with Crippen molar-refractivity contribution < 1.29 is 0 Å². The Morgan fingerprint density at radius 2 is 1.13 bits per heavy atom. The summed E-state index contributed by atoms with van der Waals surface area (Å²) in [5.74, 6) is 0.198. The molecule has 0 saturated heterocycles. The van der Waals surface area contributed by atoms with Crippen LogP contribution >= 0.6 is 0 Å². The largest absolute Gasteiger partial charge is 0.328 e. The summed E-state index contributed by atoms with van der Waals surface area (Å²) in [5.41, 5.74) is 18.3. The first-order chi connectivity index (χ1) is 30.8. The molecule has 1 aromatic heterocycles. The van der Waals surface area contributed by atoms with E-state index in [0.717, 1.165) is 0 Å². The van der Waals surface area contributed by atoms with Crippen molar-refractivity contribution in [1.82, 2.24) is 4.57 Å². The van der Waals surface area contributed by atoms with Crippen LogP contribution in [0.4, 0.5) is 11.4 Å². The van der Waals surface area contributed by atoms with Gasteiger partial charge in [-0.25, -0.2) is 0 Å². The summed E-state index contributed by atoms with van der Waals surface area (Å²) in [7, 11) is 0. The fourth-order valence-electron chi connectivity index (χ4n) is 14.1. The van der Waals surface area contributed by atoms with Crippen molar-refractivity contribution in [3.05, 3.63) is 245 Å². The van der Waals surface area contributed by atoms with E-state index in [1.54, 1.807) is 0 Å². The zero-order chi connectivity index (χ0) is 42.0. The van der Waals surface area contributed by atoms with E-state index in [1.807, 2.05) is 0 Å². The van der Waals surface area contributed by atoms with Gasteiger partial charge in [0.25, 0.3) is 0 Å². The molecule has 0 bridgehead atoms. The van der Waals surface area contributed by atoms with Gasteiger partial charge in [-0.2, -0.15) is 0 Å². The lowest BCUT2D eigenvalue weighted by atomic mass is 9.43. The molecule has 0 N–H and O–H groups in total. The molecule has 0 radical (unpaired) electrons. The molecule has 2 nitrogen and oxygen atoms in total. The number of anilines is 2. The Bertz CT molecular complexity index is 3550. The van der Waals surface area contributed by atoms with Gasteiger partial charge in [-0.15, -0.1) is 0 Å². The van der Waals surface area contributed by atoms with Gasteiger partial charge in [0.15, 0.2) is 0 Å². The molecular weight excluding hydrogens is 761 g/mol. The van der Waals surface area contributed by atoms with E-state index >= 15 is 0 Å². The smallest absolute Gasteiger partial charge is 0.0836 e. The van der Waals surface area contributed by atoms with Crippen LogP contribution in [-0.2, 0) is 16.2 Å². The van der Waals surface area contributed by atoms with Gasteiger partial charge >= 0.3 is 0 Å². The zero-order valence-corrected chi connectivity index (χ0v) is 36.0. The number of nitrogens with zero attached hydrogens (tertiary/aromatic N) is 2. The average molecular weight is 807 g/mol. The monoisotopic (exact) mass is 806 g/mol. The third-order valence-electron chi connectivity index (χ3n) is 16.3. The van der Waals surface area contributed by atoms with E-state index in [2.05, 4.69) is 237 Å². The Kier molecular flexibility index (Phi) is 6.66. The minimum absolute atomic E-state index is 0.198. The van der Waals surface area contributed by atoms with Crippen LogP contribution in [0.2, 0.25) is 0 Å². The lowest BCUT2D eigenvalue weighted by Gasteiger charge is -2.63. The van der Waals surface area contributed by atoms with Crippen molar-refractivity contribution in [2.75, 3.05) is 4.90 Å². The number of aromatic nitrogens is 1. The minimum atomic E-state index is -0.558. The van der Waals surface area contributed by atoms with Crippen LogP contribution < -0.4 is 4.90 Å². The van der Waals surface area contributed by atoms with Crippen LogP contribution in [0.25, 0.3) is 49.4 Å². The molecule has 5 aliphatic rings. The van der Waals surface area contributed by atoms with Gasteiger partial charge < -0.3 is 9.47 Å². The highest BCUT2D eigenvalue weighted by atomic mass is 15.2.